The number of hydrogen-bond donors (Lipinski definition) is 3. The Bertz CT molecular complexity index is 1260. The first-order chi connectivity index (χ1) is 14.5. The summed E-state index contributed by atoms with van der Waals surface area (Å²) >= 11 is 0. The van der Waals surface area contributed by atoms with Crippen molar-refractivity contribution in [3.05, 3.63) is 42.2 Å². The summed E-state index contributed by atoms with van der Waals surface area (Å²) in [6, 6.07) is 5.82. The van der Waals surface area contributed by atoms with E-state index in [4.69, 9.17) is 4.52 Å². The van der Waals surface area contributed by atoms with Gasteiger partial charge in [-0.1, -0.05) is 25.9 Å². The smallest absolute Gasteiger partial charge is 0.356 e. The second kappa shape index (κ2) is 7.25. The van der Waals surface area contributed by atoms with Gasteiger partial charge in [0, 0.05) is 28.8 Å². The molecule has 31 heavy (non-hydrogen) atoms. The number of carbonyl (C=O) groups excluding carboxylic acids is 1. The number of hydrogen-bond acceptors (Lipinski definition) is 6. The average molecular weight is 432 g/mol. The third-order valence-corrected chi connectivity index (χ3v) is 4.64. The van der Waals surface area contributed by atoms with Crippen LogP contribution in [-0.4, -0.2) is 32.4 Å². The van der Waals surface area contributed by atoms with Crippen LogP contribution in [0.3, 0.4) is 0 Å². The number of amides is 1. The standard InChI is InChI=1S/C20H19F3N6O2/c1-19(2,3)18(30)26-16(20(21,22)23)14-11-7-6-10(9-13(11)31-29-14)25-17-15-12(27-28-17)5-4-8-24-15/h4-9,16H,1-3H3,(H,26,30)(H2,25,27,28). The fraction of sp³-hybridized carbons (Fsp3) is 0.300. The Morgan fingerprint density at radius 1 is 1.19 bits per heavy atom. The first kappa shape index (κ1) is 20.6. The molecule has 0 aliphatic carbocycles. The maximum absolute atomic E-state index is 13.7. The molecule has 0 fully saturated rings. The fourth-order valence-electron chi connectivity index (χ4n) is 2.97. The lowest BCUT2D eigenvalue weighted by atomic mass is 9.94. The molecular formula is C20H19F3N6O2. The summed E-state index contributed by atoms with van der Waals surface area (Å²) in [7, 11) is 0. The number of halogens is 3. The van der Waals surface area contributed by atoms with E-state index in [1.807, 2.05) is 11.4 Å². The number of aromatic nitrogens is 4. The first-order valence-corrected chi connectivity index (χ1v) is 9.37. The number of anilines is 2. The number of nitrogens with zero attached hydrogens (tertiary/aromatic N) is 3. The number of benzene rings is 1. The van der Waals surface area contributed by atoms with E-state index in [-0.39, 0.29) is 11.0 Å². The normalized spacial score (nSPS) is 13.5. The van der Waals surface area contributed by atoms with Crippen LogP contribution in [0.15, 0.2) is 41.1 Å². The summed E-state index contributed by atoms with van der Waals surface area (Å²) in [5, 5.41) is 15.8. The Kier molecular flexibility index (Phi) is 4.83. The highest BCUT2D eigenvalue weighted by molar-refractivity contribution is 5.90. The minimum absolute atomic E-state index is 0.132. The minimum Gasteiger partial charge on any atom is -0.356 e. The van der Waals surface area contributed by atoms with Gasteiger partial charge in [0.1, 0.15) is 11.2 Å². The van der Waals surface area contributed by atoms with Crippen LogP contribution in [-0.2, 0) is 4.79 Å². The molecule has 0 bridgehead atoms. The monoisotopic (exact) mass is 432 g/mol. The number of H-pyrrole nitrogens is 1. The van der Waals surface area contributed by atoms with Gasteiger partial charge < -0.3 is 15.2 Å². The van der Waals surface area contributed by atoms with E-state index in [9.17, 15) is 18.0 Å². The fourth-order valence-corrected chi connectivity index (χ4v) is 2.97. The summed E-state index contributed by atoms with van der Waals surface area (Å²) in [5.41, 5.74) is 0.598. The van der Waals surface area contributed by atoms with Crippen molar-refractivity contribution in [2.24, 2.45) is 5.41 Å². The molecule has 1 unspecified atom stereocenters. The average Bonchev–Trinajstić information content (AvgIpc) is 3.28. The molecule has 0 saturated carbocycles. The lowest BCUT2D eigenvalue weighted by Gasteiger charge is -2.24. The Labute approximate surface area is 174 Å². The zero-order valence-corrected chi connectivity index (χ0v) is 16.8. The van der Waals surface area contributed by atoms with Crippen LogP contribution < -0.4 is 10.6 Å². The van der Waals surface area contributed by atoms with Crippen molar-refractivity contribution in [1.82, 2.24) is 25.7 Å². The van der Waals surface area contributed by atoms with Crippen molar-refractivity contribution in [3.63, 3.8) is 0 Å². The van der Waals surface area contributed by atoms with Crippen LogP contribution in [0.1, 0.15) is 32.5 Å². The number of rotatable bonds is 4. The van der Waals surface area contributed by atoms with Crippen LogP contribution in [0.5, 0.6) is 0 Å². The van der Waals surface area contributed by atoms with Crippen molar-refractivity contribution in [2.45, 2.75) is 33.0 Å². The SMILES string of the molecule is CC(C)(C)C(=O)NC(c1noc2cc(Nc3n[nH]c4cccnc34)ccc12)C(F)(F)F. The number of alkyl halides is 3. The molecule has 162 valence electrons. The zero-order chi connectivity index (χ0) is 22.4. The van der Waals surface area contributed by atoms with Crippen molar-refractivity contribution in [3.8, 4) is 0 Å². The van der Waals surface area contributed by atoms with Gasteiger partial charge in [-0.2, -0.15) is 18.3 Å². The van der Waals surface area contributed by atoms with E-state index in [2.05, 4.69) is 25.7 Å². The number of aromatic amines is 1. The molecule has 8 nitrogen and oxygen atoms in total. The van der Waals surface area contributed by atoms with Crippen LogP contribution >= 0.6 is 0 Å². The second-order valence-electron chi connectivity index (χ2n) is 8.07. The Morgan fingerprint density at radius 2 is 1.97 bits per heavy atom. The molecule has 0 aliphatic heterocycles. The molecule has 0 spiro atoms. The molecule has 1 aromatic carbocycles. The molecule has 0 aliphatic rings. The van der Waals surface area contributed by atoms with Crippen LogP contribution in [0.25, 0.3) is 22.0 Å². The largest absolute Gasteiger partial charge is 0.414 e. The van der Waals surface area contributed by atoms with E-state index in [1.165, 1.54) is 32.9 Å². The third-order valence-electron chi connectivity index (χ3n) is 4.64. The van der Waals surface area contributed by atoms with Gasteiger partial charge in [-0.3, -0.25) is 14.9 Å². The van der Waals surface area contributed by atoms with E-state index >= 15 is 0 Å². The molecule has 3 heterocycles. The van der Waals surface area contributed by atoms with Crippen molar-refractivity contribution >= 4 is 39.4 Å². The summed E-state index contributed by atoms with van der Waals surface area (Å²) in [5.74, 6) is -0.289. The van der Waals surface area contributed by atoms with E-state index in [0.29, 0.717) is 17.0 Å². The van der Waals surface area contributed by atoms with Gasteiger partial charge in [0.25, 0.3) is 0 Å². The van der Waals surface area contributed by atoms with Crippen LogP contribution in [0.4, 0.5) is 24.7 Å². The highest BCUT2D eigenvalue weighted by atomic mass is 19.4. The zero-order valence-electron chi connectivity index (χ0n) is 16.8. The van der Waals surface area contributed by atoms with Gasteiger partial charge in [0.2, 0.25) is 5.91 Å². The van der Waals surface area contributed by atoms with Gasteiger partial charge in [-0.25, -0.2) is 0 Å². The molecule has 1 atom stereocenters. The van der Waals surface area contributed by atoms with Crippen molar-refractivity contribution in [2.75, 3.05) is 5.32 Å². The Hall–Kier alpha value is -3.63. The topological polar surface area (TPSA) is 109 Å². The van der Waals surface area contributed by atoms with Crippen LogP contribution in [0, 0.1) is 5.41 Å². The summed E-state index contributed by atoms with van der Waals surface area (Å²) in [4.78, 5) is 16.4. The van der Waals surface area contributed by atoms with Gasteiger partial charge in [-0.15, -0.1) is 0 Å². The minimum atomic E-state index is -4.75. The van der Waals surface area contributed by atoms with Crippen molar-refractivity contribution in [1.29, 1.82) is 0 Å². The number of carbonyl (C=O) groups is 1. The predicted octanol–water partition coefficient (Wildman–Crippen LogP) is 4.61. The molecular weight excluding hydrogens is 413 g/mol. The predicted molar refractivity (Wildman–Crippen MR) is 108 cm³/mol. The third kappa shape index (κ3) is 4.03. The maximum atomic E-state index is 13.7. The molecule has 4 rings (SSSR count). The second-order valence-corrected chi connectivity index (χ2v) is 8.07. The highest BCUT2D eigenvalue weighted by Crippen LogP contribution is 2.37. The first-order valence-electron chi connectivity index (χ1n) is 9.37. The number of nitrogens with one attached hydrogen (secondary N) is 3. The lowest BCUT2D eigenvalue weighted by Crippen LogP contribution is -2.43. The number of pyridine rings is 1. The molecule has 0 radical (unpaired) electrons. The Morgan fingerprint density at radius 3 is 2.68 bits per heavy atom. The van der Waals surface area contributed by atoms with E-state index < -0.39 is 29.2 Å². The molecule has 3 N–H and O–H groups in total. The maximum Gasteiger partial charge on any atom is 0.414 e. The quantitative estimate of drug-likeness (QED) is 0.435. The Balaban J connectivity index is 1.66. The molecule has 3 aromatic heterocycles. The molecule has 11 heteroatoms. The molecule has 0 saturated heterocycles. The van der Waals surface area contributed by atoms with Gasteiger partial charge in [0.15, 0.2) is 17.4 Å². The van der Waals surface area contributed by atoms with Crippen LogP contribution in [0.2, 0.25) is 0 Å². The summed E-state index contributed by atoms with van der Waals surface area (Å²) in [6.07, 6.45) is -3.13. The van der Waals surface area contributed by atoms with E-state index in [1.54, 1.807) is 18.3 Å². The number of fused-ring (bicyclic) bond motifs is 2. The lowest BCUT2D eigenvalue weighted by molar-refractivity contribution is -0.166. The van der Waals surface area contributed by atoms with Gasteiger partial charge in [0.05, 0.1) is 5.52 Å². The highest BCUT2D eigenvalue weighted by Gasteiger charge is 2.46. The van der Waals surface area contributed by atoms with Gasteiger partial charge in [-0.05, 0) is 24.3 Å². The van der Waals surface area contributed by atoms with Crippen molar-refractivity contribution < 1.29 is 22.5 Å². The molecule has 1 amide bonds. The summed E-state index contributed by atoms with van der Waals surface area (Å²) < 4.78 is 46.3. The van der Waals surface area contributed by atoms with Gasteiger partial charge >= 0.3 is 6.18 Å². The van der Waals surface area contributed by atoms with E-state index in [0.717, 1.165) is 5.52 Å². The molecule has 4 aromatic rings. The summed E-state index contributed by atoms with van der Waals surface area (Å²) in [6.45, 7) is 4.59.